The van der Waals surface area contributed by atoms with Crippen LogP contribution in [0.1, 0.15) is 24.3 Å². The largest absolute Gasteiger partial charge is 0.370 e. The number of thioether (sulfide) groups is 1. The molecule has 5 nitrogen and oxygen atoms in total. The Bertz CT molecular complexity index is 526. The summed E-state index contributed by atoms with van der Waals surface area (Å²) in [7, 11) is 0. The van der Waals surface area contributed by atoms with Gasteiger partial charge in [0.1, 0.15) is 17.5 Å². The van der Waals surface area contributed by atoms with Gasteiger partial charge in [-0.3, -0.25) is 0 Å². The minimum Gasteiger partial charge on any atom is -0.370 e. The SMILES string of the molecule is CCNc1cc(C)nc(CSc2nc(C)ns2)n1. The second kappa shape index (κ2) is 6.10. The van der Waals surface area contributed by atoms with Gasteiger partial charge in [-0.05, 0) is 32.3 Å². The Balaban J connectivity index is 2.04. The number of hydrogen-bond acceptors (Lipinski definition) is 7. The molecule has 0 aliphatic carbocycles. The van der Waals surface area contributed by atoms with Crippen molar-refractivity contribution in [2.24, 2.45) is 0 Å². The average molecular weight is 281 g/mol. The summed E-state index contributed by atoms with van der Waals surface area (Å²) < 4.78 is 5.11. The van der Waals surface area contributed by atoms with Gasteiger partial charge in [-0.15, -0.1) is 0 Å². The summed E-state index contributed by atoms with van der Waals surface area (Å²) in [5, 5.41) is 3.21. The average Bonchev–Trinajstić information content (AvgIpc) is 2.72. The van der Waals surface area contributed by atoms with Gasteiger partial charge in [0.15, 0.2) is 4.34 Å². The third kappa shape index (κ3) is 3.64. The van der Waals surface area contributed by atoms with Crippen LogP contribution in [0.5, 0.6) is 0 Å². The minimum atomic E-state index is 0.717. The molecule has 0 radical (unpaired) electrons. The lowest BCUT2D eigenvalue weighted by molar-refractivity contribution is 0.984. The molecule has 0 aliphatic heterocycles. The molecule has 0 amide bonds. The fraction of sp³-hybridized carbons (Fsp3) is 0.455. The van der Waals surface area contributed by atoms with Gasteiger partial charge in [0, 0.05) is 18.3 Å². The van der Waals surface area contributed by atoms with Crippen molar-refractivity contribution in [3.63, 3.8) is 0 Å². The Kier molecular flexibility index (Phi) is 4.48. The molecule has 7 heteroatoms. The number of rotatable bonds is 5. The van der Waals surface area contributed by atoms with Crippen LogP contribution in [0.2, 0.25) is 0 Å². The lowest BCUT2D eigenvalue weighted by Crippen LogP contribution is -2.04. The molecule has 0 fully saturated rings. The zero-order valence-electron chi connectivity index (χ0n) is 10.6. The Morgan fingerprint density at radius 2 is 2.11 bits per heavy atom. The Labute approximate surface area is 115 Å². The first-order valence-electron chi connectivity index (χ1n) is 5.69. The van der Waals surface area contributed by atoms with Gasteiger partial charge < -0.3 is 5.32 Å². The van der Waals surface area contributed by atoms with E-state index in [1.807, 2.05) is 19.9 Å². The van der Waals surface area contributed by atoms with E-state index in [0.717, 1.165) is 34.0 Å². The molecule has 0 saturated carbocycles. The molecule has 2 heterocycles. The fourth-order valence-electron chi connectivity index (χ4n) is 1.43. The van der Waals surface area contributed by atoms with Gasteiger partial charge in [0.2, 0.25) is 0 Å². The van der Waals surface area contributed by atoms with Crippen LogP contribution in [0.3, 0.4) is 0 Å². The van der Waals surface area contributed by atoms with E-state index in [1.165, 1.54) is 11.5 Å². The lowest BCUT2D eigenvalue weighted by Gasteiger charge is -2.05. The molecule has 0 atom stereocenters. The summed E-state index contributed by atoms with van der Waals surface area (Å²) in [6.07, 6.45) is 0. The number of anilines is 1. The smallest absolute Gasteiger partial charge is 0.170 e. The number of aryl methyl sites for hydroxylation is 2. The molecule has 0 bridgehead atoms. The van der Waals surface area contributed by atoms with Crippen LogP contribution < -0.4 is 5.32 Å². The predicted molar refractivity (Wildman–Crippen MR) is 75.1 cm³/mol. The molecule has 0 saturated heterocycles. The van der Waals surface area contributed by atoms with Crippen molar-refractivity contribution in [2.75, 3.05) is 11.9 Å². The van der Waals surface area contributed by atoms with Crippen LogP contribution in [-0.2, 0) is 5.75 Å². The van der Waals surface area contributed by atoms with Crippen molar-refractivity contribution < 1.29 is 0 Å². The Morgan fingerprint density at radius 3 is 2.78 bits per heavy atom. The zero-order valence-corrected chi connectivity index (χ0v) is 12.2. The Hall–Kier alpha value is -1.21. The number of nitrogens with zero attached hydrogens (tertiary/aromatic N) is 4. The maximum Gasteiger partial charge on any atom is 0.170 e. The van der Waals surface area contributed by atoms with Gasteiger partial charge in [0.25, 0.3) is 0 Å². The van der Waals surface area contributed by atoms with Crippen LogP contribution in [0.15, 0.2) is 10.4 Å². The van der Waals surface area contributed by atoms with E-state index in [4.69, 9.17) is 0 Å². The predicted octanol–water partition coefficient (Wildman–Crippen LogP) is 2.67. The molecule has 0 aromatic carbocycles. The van der Waals surface area contributed by atoms with E-state index in [9.17, 15) is 0 Å². The maximum absolute atomic E-state index is 4.46. The summed E-state index contributed by atoms with van der Waals surface area (Å²) in [4.78, 5) is 13.2. The van der Waals surface area contributed by atoms with Crippen molar-refractivity contribution in [3.05, 3.63) is 23.4 Å². The van der Waals surface area contributed by atoms with E-state index in [0.29, 0.717) is 5.75 Å². The first-order valence-corrected chi connectivity index (χ1v) is 7.45. The molecule has 0 unspecified atom stereocenters. The lowest BCUT2D eigenvalue weighted by atomic mass is 10.4. The molecule has 2 rings (SSSR count). The van der Waals surface area contributed by atoms with Gasteiger partial charge in [-0.2, -0.15) is 4.37 Å². The molecule has 0 aliphatic rings. The zero-order chi connectivity index (χ0) is 13.0. The molecule has 2 aromatic rings. The topological polar surface area (TPSA) is 63.6 Å². The highest BCUT2D eigenvalue weighted by Crippen LogP contribution is 2.23. The molecule has 2 aromatic heterocycles. The van der Waals surface area contributed by atoms with Crippen molar-refractivity contribution in [1.29, 1.82) is 0 Å². The monoisotopic (exact) mass is 281 g/mol. The molecular weight excluding hydrogens is 266 g/mol. The molecule has 96 valence electrons. The molecule has 1 N–H and O–H groups in total. The molecular formula is C11H15N5S2. The highest BCUT2D eigenvalue weighted by molar-refractivity contribution is 8.00. The number of hydrogen-bond donors (Lipinski definition) is 1. The number of nitrogens with one attached hydrogen (secondary N) is 1. The van der Waals surface area contributed by atoms with E-state index in [-0.39, 0.29) is 0 Å². The van der Waals surface area contributed by atoms with E-state index in [2.05, 4.69) is 31.6 Å². The van der Waals surface area contributed by atoms with Gasteiger partial charge in [-0.25, -0.2) is 15.0 Å². The van der Waals surface area contributed by atoms with Gasteiger partial charge in [0.05, 0.1) is 5.75 Å². The van der Waals surface area contributed by atoms with Crippen molar-refractivity contribution >= 4 is 29.1 Å². The van der Waals surface area contributed by atoms with E-state index >= 15 is 0 Å². The van der Waals surface area contributed by atoms with Crippen LogP contribution in [0, 0.1) is 13.8 Å². The van der Waals surface area contributed by atoms with Crippen LogP contribution >= 0.6 is 23.3 Å². The summed E-state index contributed by atoms with van der Waals surface area (Å²) in [6, 6.07) is 1.95. The van der Waals surface area contributed by atoms with E-state index in [1.54, 1.807) is 11.8 Å². The second-order valence-corrected chi connectivity index (χ2v) is 5.71. The van der Waals surface area contributed by atoms with Gasteiger partial charge in [-0.1, -0.05) is 11.8 Å². The summed E-state index contributed by atoms with van der Waals surface area (Å²) in [5.41, 5.74) is 0.977. The third-order valence-electron chi connectivity index (χ3n) is 2.09. The van der Waals surface area contributed by atoms with Crippen LogP contribution in [-0.4, -0.2) is 25.9 Å². The second-order valence-electron chi connectivity index (χ2n) is 3.74. The summed E-state index contributed by atoms with van der Waals surface area (Å²) in [6.45, 7) is 6.79. The molecule has 18 heavy (non-hydrogen) atoms. The highest BCUT2D eigenvalue weighted by atomic mass is 32.2. The first kappa shape index (κ1) is 13.2. The summed E-state index contributed by atoms with van der Waals surface area (Å²) in [5.74, 6) is 3.24. The van der Waals surface area contributed by atoms with Crippen molar-refractivity contribution in [2.45, 2.75) is 30.9 Å². The minimum absolute atomic E-state index is 0.717. The summed E-state index contributed by atoms with van der Waals surface area (Å²) >= 11 is 3.04. The molecule has 0 spiro atoms. The quantitative estimate of drug-likeness (QED) is 0.850. The fourth-order valence-corrected chi connectivity index (χ4v) is 2.93. The van der Waals surface area contributed by atoms with Crippen LogP contribution in [0.25, 0.3) is 0 Å². The number of aromatic nitrogens is 4. The van der Waals surface area contributed by atoms with Gasteiger partial charge >= 0.3 is 0 Å². The third-order valence-corrected chi connectivity index (χ3v) is 4.01. The highest BCUT2D eigenvalue weighted by Gasteiger charge is 2.05. The van der Waals surface area contributed by atoms with Crippen molar-refractivity contribution in [1.82, 2.24) is 19.3 Å². The van der Waals surface area contributed by atoms with Crippen LogP contribution in [0.4, 0.5) is 5.82 Å². The maximum atomic E-state index is 4.46. The Morgan fingerprint density at radius 1 is 1.28 bits per heavy atom. The van der Waals surface area contributed by atoms with Crippen molar-refractivity contribution in [3.8, 4) is 0 Å². The standard InChI is InChI=1S/C11H15N5S2/c1-4-12-9-5-7(2)13-10(15-9)6-17-11-14-8(3)16-18-11/h5H,4,6H2,1-3H3,(H,12,13,15). The van der Waals surface area contributed by atoms with E-state index < -0.39 is 0 Å². The normalized spacial score (nSPS) is 10.6. The first-order chi connectivity index (χ1) is 8.67.